The van der Waals surface area contributed by atoms with E-state index in [4.69, 9.17) is 19.3 Å². The summed E-state index contributed by atoms with van der Waals surface area (Å²) in [6.45, 7) is 5.02. The SMILES string of the molecule is B[C@@H](CO)O[C@@H](COC)C(C)OCC. The van der Waals surface area contributed by atoms with Crippen LogP contribution in [0.5, 0.6) is 0 Å². The van der Waals surface area contributed by atoms with Gasteiger partial charge in [-0.05, 0) is 13.8 Å². The lowest BCUT2D eigenvalue weighted by Gasteiger charge is -2.26. The fraction of sp³-hybridized carbons (Fsp3) is 1.00. The molecule has 0 radical (unpaired) electrons. The summed E-state index contributed by atoms with van der Waals surface area (Å²) in [7, 11) is 3.44. The maximum absolute atomic E-state index is 8.86. The van der Waals surface area contributed by atoms with Gasteiger partial charge in [0.1, 0.15) is 14.0 Å². The van der Waals surface area contributed by atoms with Crippen molar-refractivity contribution in [3.05, 3.63) is 0 Å². The van der Waals surface area contributed by atoms with Crippen LogP contribution in [0.2, 0.25) is 0 Å². The van der Waals surface area contributed by atoms with Gasteiger partial charge >= 0.3 is 0 Å². The van der Waals surface area contributed by atoms with Crippen LogP contribution >= 0.6 is 0 Å². The average Bonchev–Trinajstić information content (AvgIpc) is 2.17. The smallest absolute Gasteiger partial charge is 0.142 e. The molecule has 0 heterocycles. The van der Waals surface area contributed by atoms with Crippen LogP contribution in [0.15, 0.2) is 0 Å². The van der Waals surface area contributed by atoms with E-state index in [9.17, 15) is 0 Å². The number of rotatable bonds is 8. The maximum atomic E-state index is 8.86. The first-order valence-electron chi connectivity index (χ1n) is 5.02. The number of aliphatic hydroxyl groups is 1. The highest BCUT2D eigenvalue weighted by molar-refractivity contribution is 6.11. The van der Waals surface area contributed by atoms with Gasteiger partial charge in [0.25, 0.3) is 0 Å². The Balaban J connectivity index is 3.98. The molecule has 0 aliphatic heterocycles. The number of ether oxygens (including phenoxy) is 3. The molecule has 0 bridgehead atoms. The molecule has 0 spiro atoms. The lowest BCUT2D eigenvalue weighted by Crippen LogP contribution is -2.37. The lowest BCUT2D eigenvalue weighted by atomic mass is 10.0. The fourth-order valence-corrected chi connectivity index (χ4v) is 1.16. The molecule has 5 heteroatoms. The second kappa shape index (κ2) is 8.23. The van der Waals surface area contributed by atoms with E-state index in [2.05, 4.69) is 0 Å². The van der Waals surface area contributed by atoms with Crippen molar-refractivity contribution in [1.82, 2.24) is 0 Å². The fourth-order valence-electron chi connectivity index (χ4n) is 1.16. The minimum Gasteiger partial charge on any atom is -0.394 e. The maximum Gasteiger partial charge on any atom is 0.142 e. The highest BCUT2D eigenvalue weighted by Crippen LogP contribution is 2.06. The molecule has 4 nitrogen and oxygen atoms in total. The molecule has 0 aliphatic carbocycles. The van der Waals surface area contributed by atoms with Gasteiger partial charge in [-0.3, -0.25) is 0 Å². The predicted molar refractivity (Wildman–Crippen MR) is 57.3 cm³/mol. The zero-order valence-corrected chi connectivity index (χ0v) is 9.53. The summed E-state index contributed by atoms with van der Waals surface area (Å²) in [5.74, 6) is 0. The number of aliphatic hydroxyl groups excluding tert-OH is 1. The summed E-state index contributed by atoms with van der Waals surface area (Å²) in [6, 6.07) is -0.182. The van der Waals surface area contributed by atoms with E-state index in [1.54, 1.807) is 7.11 Å². The van der Waals surface area contributed by atoms with Crippen LogP contribution in [0.3, 0.4) is 0 Å². The van der Waals surface area contributed by atoms with Gasteiger partial charge in [0.15, 0.2) is 0 Å². The summed E-state index contributed by atoms with van der Waals surface area (Å²) in [4.78, 5) is 0. The highest BCUT2D eigenvalue weighted by Gasteiger charge is 2.20. The van der Waals surface area contributed by atoms with Crippen LogP contribution in [0.4, 0.5) is 0 Å². The van der Waals surface area contributed by atoms with E-state index in [-0.39, 0.29) is 24.8 Å². The number of hydrogen-bond acceptors (Lipinski definition) is 4. The Morgan fingerprint density at radius 3 is 2.50 bits per heavy atom. The molecule has 0 aromatic heterocycles. The lowest BCUT2D eigenvalue weighted by molar-refractivity contribution is -0.106. The Hall–Kier alpha value is -0.0951. The van der Waals surface area contributed by atoms with Gasteiger partial charge in [-0.1, -0.05) is 0 Å². The summed E-state index contributed by atoms with van der Waals surface area (Å²) in [5.41, 5.74) is 0. The van der Waals surface area contributed by atoms with Crippen molar-refractivity contribution in [2.24, 2.45) is 0 Å². The Bertz CT molecular complexity index is 134. The van der Waals surface area contributed by atoms with E-state index in [0.717, 1.165) is 0 Å². The van der Waals surface area contributed by atoms with Crippen LogP contribution in [0, 0.1) is 0 Å². The molecule has 1 unspecified atom stereocenters. The zero-order chi connectivity index (χ0) is 11.0. The minimum atomic E-state index is -0.182. The third-order valence-corrected chi connectivity index (χ3v) is 1.95. The summed E-state index contributed by atoms with van der Waals surface area (Å²) < 4.78 is 16.0. The van der Waals surface area contributed by atoms with Crippen LogP contribution < -0.4 is 0 Å². The third kappa shape index (κ3) is 5.60. The normalized spacial score (nSPS) is 17.7. The van der Waals surface area contributed by atoms with E-state index >= 15 is 0 Å². The van der Waals surface area contributed by atoms with Gasteiger partial charge in [0.05, 0.1) is 19.3 Å². The Labute approximate surface area is 86.9 Å². The summed E-state index contributed by atoms with van der Waals surface area (Å²) >= 11 is 0. The first-order valence-corrected chi connectivity index (χ1v) is 5.02. The molecule has 0 saturated heterocycles. The van der Waals surface area contributed by atoms with Gasteiger partial charge in [0, 0.05) is 19.7 Å². The molecular formula is C9H21BO4. The average molecular weight is 204 g/mol. The molecule has 3 atom stereocenters. The standard InChI is InChI=1S/C9H21BO4/c1-4-13-7(2)8(6-12-3)14-9(10)5-11/h7-9,11H,4-6,10H2,1-3H3/t7?,8-,9+/m0/s1. The molecule has 0 aromatic rings. The molecule has 1 N–H and O–H groups in total. The zero-order valence-electron chi connectivity index (χ0n) is 9.53. The van der Waals surface area contributed by atoms with Gasteiger partial charge in [-0.15, -0.1) is 0 Å². The van der Waals surface area contributed by atoms with Crippen molar-refractivity contribution >= 4 is 7.85 Å². The molecule has 0 saturated carbocycles. The Morgan fingerprint density at radius 2 is 2.07 bits per heavy atom. The largest absolute Gasteiger partial charge is 0.394 e. The topological polar surface area (TPSA) is 47.9 Å². The van der Waals surface area contributed by atoms with Gasteiger partial charge in [-0.25, -0.2) is 0 Å². The van der Waals surface area contributed by atoms with Crippen LogP contribution in [-0.4, -0.2) is 58.1 Å². The Kier molecular flexibility index (Phi) is 8.18. The predicted octanol–water partition coefficient (Wildman–Crippen LogP) is -0.606. The highest BCUT2D eigenvalue weighted by atomic mass is 16.6. The first kappa shape index (κ1) is 13.9. The molecule has 0 aromatic carbocycles. The van der Waals surface area contributed by atoms with Crippen molar-refractivity contribution in [2.75, 3.05) is 26.9 Å². The second-order valence-corrected chi connectivity index (χ2v) is 3.28. The van der Waals surface area contributed by atoms with E-state index in [1.807, 2.05) is 21.7 Å². The monoisotopic (exact) mass is 204 g/mol. The molecule has 0 rings (SSSR count). The van der Waals surface area contributed by atoms with Crippen LogP contribution in [0.1, 0.15) is 13.8 Å². The second-order valence-electron chi connectivity index (χ2n) is 3.28. The van der Waals surface area contributed by atoms with Crippen molar-refractivity contribution < 1.29 is 19.3 Å². The van der Waals surface area contributed by atoms with E-state index < -0.39 is 0 Å². The molecule has 0 amide bonds. The number of methoxy groups -OCH3 is 1. The third-order valence-electron chi connectivity index (χ3n) is 1.95. The molecule has 14 heavy (non-hydrogen) atoms. The van der Waals surface area contributed by atoms with Crippen LogP contribution in [-0.2, 0) is 14.2 Å². The summed E-state index contributed by atoms with van der Waals surface area (Å²) in [5, 5.41) is 8.86. The molecular weight excluding hydrogens is 183 g/mol. The quantitative estimate of drug-likeness (QED) is 0.536. The minimum absolute atomic E-state index is 0.0130. The molecule has 0 aliphatic rings. The van der Waals surface area contributed by atoms with Gasteiger partial charge in [0.2, 0.25) is 0 Å². The van der Waals surface area contributed by atoms with Crippen molar-refractivity contribution in [1.29, 1.82) is 0 Å². The van der Waals surface area contributed by atoms with E-state index in [0.29, 0.717) is 13.2 Å². The Morgan fingerprint density at radius 1 is 1.43 bits per heavy atom. The molecule has 84 valence electrons. The molecule has 0 fully saturated rings. The van der Waals surface area contributed by atoms with Crippen molar-refractivity contribution in [3.8, 4) is 0 Å². The first-order chi connectivity index (χ1) is 6.65. The van der Waals surface area contributed by atoms with Gasteiger partial charge in [-0.2, -0.15) is 0 Å². The van der Waals surface area contributed by atoms with Crippen LogP contribution in [0.25, 0.3) is 0 Å². The number of hydrogen-bond donors (Lipinski definition) is 1. The van der Waals surface area contributed by atoms with Crippen molar-refractivity contribution in [3.63, 3.8) is 0 Å². The van der Waals surface area contributed by atoms with E-state index in [1.165, 1.54) is 0 Å². The van der Waals surface area contributed by atoms with Gasteiger partial charge < -0.3 is 19.3 Å². The van der Waals surface area contributed by atoms with Crippen molar-refractivity contribution in [2.45, 2.75) is 32.1 Å². The summed E-state index contributed by atoms with van der Waals surface area (Å²) in [6.07, 6.45) is -0.143.